The van der Waals surface area contributed by atoms with Crippen LogP contribution in [0.5, 0.6) is 0 Å². The van der Waals surface area contributed by atoms with Crippen molar-refractivity contribution in [1.29, 1.82) is 0 Å². The monoisotopic (exact) mass is 240 g/mol. The highest BCUT2D eigenvalue weighted by molar-refractivity contribution is 4.76. The first-order valence-electron chi connectivity index (χ1n) is 6.29. The maximum Gasteiger partial charge on any atom is 0.363 e. The Kier molecular flexibility index (Phi) is 3.93. The molecule has 1 heterocycles. The zero-order valence-corrected chi connectivity index (χ0v) is 10.5. The van der Waals surface area contributed by atoms with E-state index in [0.29, 0.717) is 19.0 Å². The lowest BCUT2D eigenvalue weighted by molar-refractivity contribution is 0.0368. The van der Waals surface area contributed by atoms with Gasteiger partial charge in [-0.05, 0) is 36.1 Å². The summed E-state index contributed by atoms with van der Waals surface area (Å²) in [5.41, 5.74) is -0.146. The standard InChI is InChI=1S/C11H20N4O2/c1-3-14-11(16)15(13-12-14)8-10(17-2)9-6-4-5-7-9/h9-10H,3-8H2,1-2H3. The van der Waals surface area contributed by atoms with E-state index in [2.05, 4.69) is 10.4 Å². The number of aryl methyl sites for hydroxylation is 1. The van der Waals surface area contributed by atoms with Gasteiger partial charge in [0.25, 0.3) is 0 Å². The lowest BCUT2D eigenvalue weighted by atomic mass is 10.0. The van der Waals surface area contributed by atoms with Crippen molar-refractivity contribution in [3.63, 3.8) is 0 Å². The number of hydrogen-bond donors (Lipinski definition) is 0. The Morgan fingerprint density at radius 3 is 2.53 bits per heavy atom. The second kappa shape index (κ2) is 5.44. The first-order chi connectivity index (χ1) is 8.26. The van der Waals surface area contributed by atoms with E-state index in [-0.39, 0.29) is 11.8 Å². The summed E-state index contributed by atoms with van der Waals surface area (Å²) in [6.45, 7) is 2.95. The average molecular weight is 240 g/mol. The summed E-state index contributed by atoms with van der Waals surface area (Å²) in [4.78, 5) is 11.8. The number of aromatic nitrogens is 4. The van der Waals surface area contributed by atoms with E-state index in [0.717, 1.165) is 0 Å². The van der Waals surface area contributed by atoms with Crippen molar-refractivity contribution in [3.05, 3.63) is 10.5 Å². The van der Waals surface area contributed by atoms with Crippen LogP contribution in [0.4, 0.5) is 0 Å². The summed E-state index contributed by atoms with van der Waals surface area (Å²) >= 11 is 0. The summed E-state index contributed by atoms with van der Waals surface area (Å²) < 4.78 is 8.27. The van der Waals surface area contributed by atoms with Crippen LogP contribution in [0.2, 0.25) is 0 Å². The van der Waals surface area contributed by atoms with Gasteiger partial charge in [0.1, 0.15) is 0 Å². The summed E-state index contributed by atoms with van der Waals surface area (Å²) in [5, 5.41) is 7.69. The van der Waals surface area contributed by atoms with Gasteiger partial charge in [0, 0.05) is 13.7 Å². The summed E-state index contributed by atoms with van der Waals surface area (Å²) in [7, 11) is 1.71. The molecule has 0 saturated heterocycles. The van der Waals surface area contributed by atoms with Crippen LogP contribution in [0.25, 0.3) is 0 Å². The minimum atomic E-state index is -0.146. The highest BCUT2D eigenvalue weighted by Gasteiger charge is 2.26. The van der Waals surface area contributed by atoms with Gasteiger partial charge in [-0.15, -0.1) is 0 Å². The van der Waals surface area contributed by atoms with E-state index >= 15 is 0 Å². The van der Waals surface area contributed by atoms with Gasteiger partial charge in [-0.2, -0.15) is 9.36 Å². The van der Waals surface area contributed by atoms with Crippen LogP contribution in [0, 0.1) is 5.92 Å². The molecule has 1 aliphatic rings. The molecule has 2 rings (SSSR count). The third kappa shape index (κ3) is 2.57. The third-order valence-electron chi connectivity index (χ3n) is 3.58. The predicted molar refractivity (Wildman–Crippen MR) is 62.7 cm³/mol. The zero-order chi connectivity index (χ0) is 12.3. The molecule has 0 radical (unpaired) electrons. The molecule has 1 aromatic rings. The van der Waals surface area contributed by atoms with Crippen LogP contribution in [-0.4, -0.2) is 33.0 Å². The topological polar surface area (TPSA) is 61.9 Å². The molecule has 0 aromatic carbocycles. The molecular formula is C11H20N4O2. The maximum atomic E-state index is 11.8. The molecule has 6 nitrogen and oxygen atoms in total. The Morgan fingerprint density at radius 1 is 1.35 bits per heavy atom. The average Bonchev–Trinajstić information content (AvgIpc) is 2.96. The Hall–Kier alpha value is -1.17. The first kappa shape index (κ1) is 12.3. The van der Waals surface area contributed by atoms with Crippen molar-refractivity contribution in [2.45, 2.75) is 51.8 Å². The molecule has 6 heteroatoms. The van der Waals surface area contributed by atoms with Gasteiger partial charge in [0.2, 0.25) is 0 Å². The number of nitrogens with zero attached hydrogens (tertiary/aromatic N) is 4. The van der Waals surface area contributed by atoms with Crippen molar-refractivity contribution in [3.8, 4) is 0 Å². The van der Waals surface area contributed by atoms with Crippen LogP contribution < -0.4 is 5.69 Å². The molecule has 1 aliphatic carbocycles. The minimum Gasteiger partial charge on any atom is -0.379 e. The largest absolute Gasteiger partial charge is 0.379 e. The van der Waals surface area contributed by atoms with Crippen LogP contribution in [-0.2, 0) is 17.8 Å². The van der Waals surface area contributed by atoms with Gasteiger partial charge in [0.05, 0.1) is 12.6 Å². The van der Waals surface area contributed by atoms with Crippen LogP contribution in [0.3, 0.4) is 0 Å². The van der Waals surface area contributed by atoms with Gasteiger partial charge < -0.3 is 4.74 Å². The molecule has 1 aromatic heterocycles. The van der Waals surface area contributed by atoms with E-state index < -0.39 is 0 Å². The fraction of sp³-hybridized carbons (Fsp3) is 0.909. The Balaban J connectivity index is 2.07. The van der Waals surface area contributed by atoms with Crippen LogP contribution >= 0.6 is 0 Å². The molecule has 1 fully saturated rings. The molecule has 0 bridgehead atoms. The fourth-order valence-electron chi connectivity index (χ4n) is 2.54. The van der Waals surface area contributed by atoms with Crippen molar-refractivity contribution >= 4 is 0 Å². The van der Waals surface area contributed by atoms with E-state index in [1.165, 1.54) is 35.0 Å². The van der Waals surface area contributed by atoms with Crippen LogP contribution in [0.1, 0.15) is 32.6 Å². The zero-order valence-electron chi connectivity index (χ0n) is 10.5. The highest BCUT2D eigenvalue weighted by atomic mass is 16.5. The fourth-order valence-corrected chi connectivity index (χ4v) is 2.54. The third-order valence-corrected chi connectivity index (χ3v) is 3.58. The summed E-state index contributed by atoms with van der Waals surface area (Å²) in [6, 6.07) is 0. The lowest BCUT2D eigenvalue weighted by Gasteiger charge is -2.20. The molecule has 0 N–H and O–H groups in total. The molecule has 0 amide bonds. The number of rotatable bonds is 5. The SMILES string of the molecule is CCn1nnn(CC(OC)C2CCCC2)c1=O. The van der Waals surface area contributed by atoms with E-state index in [1.54, 1.807) is 7.11 Å². The quantitative estimate of drug-likeness (QED) is 0.758. The molecular weight excluding hydrogens is 220 g/mol. The van der Waals surface area contributed by atoms with E-state index in [9.17, 15) is 4.79 Å². The smallest absolute Gasteiger partial charge is 0.363 e. The van der Waals surface area contributed by atoms with E-state index in [4.69, 9.17) is 4.74 Å². The van der Waals surface area contributed by atoms with Crippen molar-refractivity contribution in [1.82, 2.24) is 19.8 Å². The number of ether oxygens (including phenoxy) is 1. The first-order valence-corrected chi connectivity index (χ1v) is 6.29. The Bertz CT molecular complexity index is 406. The van der Waals surface area contributed by atoms with Gasteiger partial charge in [0.15, 0.2) is 0 Å². The molecule has 1 unspecified atom stereocenters. The molecule has 1 atom stereocenters. The normalized spacial score (nSPS) is 18.7. The number of tetrazole rings is 1. The second-order valence-electron chi connectivity index (χ2n) is 4.58. The van der Waals surface area contributed by atoms with Crippen molar-refractivity contribution < 1.29 is 4.74 Å². The summed E-state index contributed by atoms with van der Waals surface area (Å²) in [6.07, 6.45) is 4.99. The molecule has 96 valence electrons. The predicted octanol–water partition coefficient (Wildman–Crippen LogP) is 0.665. The van der Waals surface area contributed by atoms with Gasteiger partial charge >= 0.3 is 5.69 Å². The molecule has 1 saturated carbocycles. The highest BCUT2D eigenvalue weighted by Crippen LogP contribution is 2.29. The van der Waals surface area contributed by atoms with Gasteiger partial charge in [-0.3, -0.25) is 0 Å². The van der Waals surface area contributed by atoms with Crippen molar-refractivity contribution in [2.75, 3.05) is 7.11 Å². The van der Waals surface area contributed by atoms with Gasteiger partial charge in [-0.1, -0.05) is 12.8 Å². The summed E-state index contributed by atoms with van der Waals surface area (Å²) in [5.74, 6) is 0.554. The van der Waals surface area contributed by atoms with Gasteiger partial charge in [-0.25, -0.2) is 4.79 Å². The maximum absolute atomic E-state index is 11.8. The molecule has 0 spiro atoms. The van der Waals surface area contributed by atoms with Crippen LogP contribution in [0.15, 0.2) is 4.79 Å². The Labute approximate surface area is 101 Å². The number of methoxy groups -OCH3 is 1. The molecule has 17 heavy (non-hydrogen) atoms. The molecule has 0 aliphatic heterocycles. The Morgan fingerprint density at radius 2 is 2.00 bits per heavy atom. The van der Waals surface area contributed by atoms with E-state index in [1.807, 2.05) is 6.92 Å². The second-order valence-corrected chi connectivity index (χ2v) is 4.58. The van der Waals surface area contributed by atoms with Crippen molar-refractivity contribution in [2.24, 2.45) is 5.92 Å². The number of hydrogen-bond acceptors (Lipinski definition) is 4. The minimum absolute atomic E-state index is 0.0807. The lowest BCUT2D eigenvalue weighted by Crippen LogP contribution is -2.33.